The van der Waals surface area contributed by atoms with Crippen molar-refractivity contribution in [3.63, 3.8) is 0 Å². The number of rotatable bonds is 4. The predicted octanol–water partition coefficient (Wildman–Crippen LogP) is 2.29. The maximum absolute atomic E-state index is 12.7. The van der Waals surface area contributed by atoms with Crippen molar-refractivity contribution in [1.82, 2.24) is 4.90 Å². The number of benzene rings is 1. The zero-order valence-corrected chi connectivity index (χ0v) is 12.3. The molecule has 4 heteroatoms. The van der Waals surface area contributed by atoms with Crippen molar-refractivity contribution in [1.29, 1.82) is 0 Å². The fourth-order valence-corrected chi connectivity index (χ4v) is 3.19. The molecule has 0 aromatic heterocycles. The molecule has 1 saturated carbocycles. The van der Waals surface area contributed by atoms with Crippen molar-refractivity contribution in [2.45, 2.75) is 39.2 Å². The highest BCUT2D eigenvalue weighted by atomic mass is 16.3. The van der Waals surface area contributed by atoms with Gasteiger partial charge in [0.2, 0.25) is 0 Å². The number of phenolic OH excluding ortho intramolecular Hbond substituents is 1. The number of carbonyl (C=O) groups is 1. The first kappa shape index (κ1) is 14.9. The van der Waals surface area contributed by atoms with Crippen LogP contribution >= 0.6 is 0 Å². The second-order valence-electron chi connectivity index (χ2n) is 5.59. The Labute approximate surface area is 120 Å². The van der Waals surface area contributed by atoms with Gasteiger partial charge in [-0.05, 0) is 62.9 Å². The van der Waals surface area contributed by atoms with Gasteiger partial charge in [-0.2, -0.15) is 0 Å². The highest BCUT2D eigenvalue weighted by Gasteiger charge is 2.33. The van der Waals surface area contributed by atoms with Crippen molar-refractivity contribution in [2.75, 3.05) is 13.1 Å². The number of nitrogens with zero attached hydrogens (tertiary/aromatic N) is 1. The second-order valence-corrected chi connectivity index (χ2v) is 5.59. The van der Waals surface area contributed by atoms with Crippen molar-refractivity contribution in [3.8, 4) is 5.75 Å². The fourth-order valence-electron chi connectivity index (χ4n) is 3.19. The van der Waals surface area contributed by atoms with Crippen LogP contribution in [0.1, 0.15) is 42.1 Å². The number of aromatic hydroxyl groups is 1. The van der Waals surface area contributed by atoms with Gasteiger partial charge < -0.3 is 15.7 Å². The van der Waals surface area contributed by atoms with E-state index in [9.17, 15) is 9.90 Å². The highest BCUT2D eigenvalue weighted by Crippen LogP contribution is 2.30. The van der Waals surface area contributed by atoms with Crippen LogP contribution in [0.4, 0.5) is 0 Å². The van der Waals surface area contributed by atoms with Gasteiger partial charge in [-0.15, -0.1) is 0 Å². The summed E-state index contributed by atoms with van der Waals surface area (Å²) in [6.45, 7) is 5.15. The minimum Gasteiger partial charge on any atom is -0.508 e. The Hall–Kier alpha value is -1.55. The number of hydrogen-bond donors (Lipinski definition) is 2. The van der Waals surface area contributed by atoms with E-state index in [0.29, 0.717) is 24.6 Å². The summed E-state index contributed by atoms with van der Waals surface area (Å²) in [7, 11) is 0. The first-order valence-electron chi connectivity index (χ1n) is 7.39. The fraction of sp³-hybridized carbons (Fsp3) is 0.562. The van der Waals surface area contributed by atoms with Crippen molar-refractivity contribution in [3.05, 3.63) is 29.3 Å². The van der Waals surface area contributed by atoms with Crippen LogP contribution in [0.5, 0.6) is 5.75 Å². The molecule has 2 unspecified atom stereocenters. The first-order valence-corrected chi connectivity index (χ1v) is 7.39. The van der Waals surface area contributed by atoms with Gasteiger partial charge in [0.1, 0.15) is 5.75 Å². The number of phenols is 1. The van der Waals surface area contributed by atoms with E-state index in [0.717, 1.165) is 24.8 Å². The zero-order chi connectivity index (χ0) is 14.7. The summed E-state index contributed by atoms with van der Waals surface area (Å²) in [5.41, 5.74) is 7.20. The number of aryl methyl sites for hydroxylation is 1. The molecule has 4 nitrogen and oxygen atoms in total. The average Bonchev–Trinajstić information content (AvgIpc) is 2.91. The third-order valence-corrected chi connectivity index (χ3v) is 4.37. The van der Waals surface area contributed by atoms with E-state index in [1.807, 2.05) is 11.8 Å². The third kappa shape index (κ3) is 2.80. The lowest BCUT2D eigenvalue weighted by atomic mass is 10.0. The Morgan fingerprint density at radius 2 is 2.20 bits per heavy atom. The molecule has 1 aromatic carbocycles. The van der Waals surface area contributed by atoms with Gasteiger partial charge in [0.15, 0.2) is 0 Å². The minimum atomic E-state index is 0.0425. The number of amides is 1. The van der Waals surface area contributed by atoms with E-state index in [2.05, 4.69) is 0 Å². The number of nitrogens with two attached hydrogens (primary N) is 1. The Morgan fingerprint density at radius 1 is 1.45 bits per heavy atom. The Kier molecular flexibility index (Phi) is 4.65. The van der Waals surface area contributed by atoms with Gasteiger partial charge in [-0.3, -0.25) is 4.79 Å². The molecule has 3 N–H and O–H groups in total. The maximum atomic E-state index is 12.7. The Bertz CT molecular complexity index is 487. The van der Waals surface area contributed by atoms with E-state index in [1.54, 1.807) is 25.1 Å². The lowest BCUT2D eigenvalue weighted by Gasteiger charge is -2.32. The van der Waals surface area contributed by atoms with E-state index in [1.165, 1.54) is 0 Å². The summed E-state index contributed by atoms with van der Waals surface area (Å²) >= 11 is 0. The van der Waals surface area contributed by atoms with Crippen LogP contribution in [0.15, 0.2) is 18.2 Å². The van der Waals surface area contributed by atoms with Crippen LogP contribution in [-0.2, 0) is 0 Å². The Balaban J connectivity index is 2.22. The molecular formula is C16H24N2O2. The monoisotopic (exact) mass is 276 g/mol. The summed E-state index contributed by atoms with van der Waals surface area (Å²) in [5.74, 6) is 0.684. The minimum absolute atomic E-state index is 0.0425. The van der Waals surface area contributed by atoms with Crippen molar-refractivity contribution >= 4 is 5.91 Å². The van der Waals surface area contributed by atoms with E-state index < -0.39 is 0 Å². The van der Waals surface area contributed by atoms with E-state index in [4.69, 9.17) is 5.73 Å². The second kappa shape index (κ2) is 6.27. The molecule has 2 rings (SSSR count). The Morgan fingerprint density at radius 3 is 2.80 bits per heavy atom. The van der Waals surface area contributed by atoms with Gasteiger partial charge in [0, 0.05) is 18.2 Å². The molecule has 2 atom stereocenters. The molecule has 1 fully saturated rings. The van der Waals surface area contributed by atoms with Gasteiger partial charge in [0.25, 0.3) is 5.91 Å². The summed E-state index contributed by atoms with van der Waals surface area (Å²) < 4.78 is 0. The summed E-state index contributed by atoms with van der Waals surface area (Å²) in [4.78, 5) is 14.6. The van der Waals surface area contributed by atoms with Crippen LogP contribution in [0, 0.1) is 12.8 Å². The molecule has 1 aromatic rings. The molecule has 110 valence electrons. The molecule has 0 heterocycles. The normalized spacial score (nSPS) is 21.9. The number of carbonyl (C=O) groups excluding carboxylic acids is 1. The zero-order valence-electron chi connectivity index (χ0n) is 12.3. The van der Waals surface area contributed by atoms with E-state index in [-0.39, 0.29) is 17.7 Å². The SMILES string of the molecule is CCN(C(=O)c1ccc(O)c(C)c1)C1CCCC1CN. The lowest BCUT2D eigenvalue weighted by molar-refractivity contribution is 0.0652. The highest BCUT2D eigenvalue weighted by molar-refractivity contribution is 5.94. The molecule has 0 radical (unpaired) electrons. The molecule has 20 heavy (non-hydrogen) atoms. The van der Waals surface area contributed by atoms with Crippen molar-refractivity contribution < 1.29 is 9.90 Å². The van der Waals surface area contributed by atoms with E-state index >= 15 is 0 Å². The first-order chi connectivity index (χ1) is 9.58. The van der Waals surface area contributed by atoms with Gasteiger partial charge in [0.05, 0.1) is 0 Å². The standard InChI is InChI=1S/C16H24N2O2/c1-3-18(14-6-4-5-13(14)10-17)16(20)12-7-8-15(19)11(2)9-12/h7-9,13-14,19H,3-6,10,17H2,1-2H3. The third-order valence-electron chi connectivity index (χ3n) is 4.37. The predicted molar refractivity (Wildman–Crippen MR) is 79.7 cm³/mol. The lowest BCUT2D eigenvalue weighted by Crippen LogP contribution is -2.44. The quantitative estimate of drug-likeness (QED) is 0.886. The van der Waals surface area contributed by atoms with Gasteiger partial charge >= 0.3 is 0 Å². The molecule has 0 aliphatic heterocycles. The molecule has 0 bridgehead atoms. The maximum Gasteiger partial charge on any atom is 0.254 e. The smallest absolute Gasteiger partial charge is 0.254 e. The largest absolute Gasteiger partial charge is 0.508 e. The van der Waals surface area contributed by atoms with Gasteiger partial charge in [-0.1, -0.05) is 6.42 Å². The van der Waals surface area contributed by atoms with Crippen molar-refractivity contribution in [2.24, 2.45) is 11.7 Å². The molecule has 1 amide bonds. The van der Waals surface area contributed by atoms with Crippen LogP contribution in [0.3, 0.4) is 0 Å². The molecular weight excluding hydrogens is 252 g/mol. The molecule has 0 saturated heterocycles. The molecule has 1 aliphatic rings. The van der Waals surface area contributed by atoms with Gasteiger partial charge in [-0.25, -0.2) is 0 Å². The summed E-state index contributed by atoms with van der Waals surface area (Å²) in [6.07, 6.45) is 3.29. The van der Waals surface area contributed by atoms with Crippen LogP contribution in [0.2, 0.25) is 0 Å². The van der Waals surface area contributed by atoms with Crippen LogP contribution < -0.4 is 5.73 Å². The molecule has 1 aliphatic carbocycles. The summed E-state index contributed by atoms with van der Waals surface area (Å²) in [6, 6.07) is 5.30. The molecule has 0 spiro atoms. The average molecular weight is 276 g/mol. The number of hydrogen-bond acceptors (Lipinski definition) is 3. The topological polar surface area (TPSA) is 66.6 Å². The van der Waals surface area contributed by atoms with Crippen LogP contribution in [0.25, 0.3) is 0 Å². The summed E-state index contributed by atoms with van der Waals surface area (Å²) in [5, 5.41) is 9.57. The van der Waals surface area contributed by atoms with Crippen LogP contribution in [-0.4, -0.2) is 35.0 Å².